The molecule has 5 nitrogen and oxygen atoms in total. The maximum Gasteiger partial charge on any atom is 0.193 e. The molecule has 70 valence electrons. The van der Waals surface area contributed by atoms with E-state index in [-0.39, 0.29) is 6.61 Å². The number of hydrogen-bond acceptors (Lipinski definition) is 5. The Morgan fingerprint density at radius 2 is 2.50 bits per heavy atom. The third-order valence-corrected chi connectivity index (χ3v) is 1.77. The van der Waals surface area contributed by atoms with Crippen molar-refractivity contribution in [1.82, 2.24) is 10.2 Å². The van der Waals surface area contributed by atoms with Crippen LogP contribution in [0.2, 0.25) is 0 Å². The van der Waals surface area contributed by atoms with E-state index in [0.717, 1.165) is 19.0 Å². The van der Waals surface area contributed by atoms with Gasteiger partial charge in [0, 0.05) is 20.1 Å². The number of aliphatic hydroxyl groups is 2. The molecule has 1 heterocycles. The Morgan fingerprint density at radius 3 is 3.00 bits per heavy atom. The summed E-state index contributed by atoms with van der Waals surface area (Å²) in [5.41, 5.74) is 0. The Balaban J connectivity index is 2.22. The van der Waals surface area contributed by atoms with Crippen LogP contribution in [0.3, 0.4) is 0 Å². The monoisotopic (exact) mass is 173 g/mol. The van der Waals surface area contributed by atoms with Crippen molar-refractivity contribution in [3.8, 4) is 0 Å². The summed E-state index contributed by atoms with van der Waals surface area (Å²) in [6, 6.07) is 0. The summed E-state index contributed by atoms with van der Waals surface area (Å²) in [6.45, 7) is 1.84. The lowest BCUT2D eigenvalue weighted by Crippen LogP contribution is -2.40. The summed E-state index contributed by atoms with van der Waals surface area (Å²) in [7, 11) is 1.93. The number of hydrogen-bond donors (Lipinski definition) is 3. The molecule has 1 rings (SSSR count). The molecule has 0 aromatic heterocycles. The van der Waals surface area contributed by atoms with Gasteiger partial charge in [0.2, 0.25) is 0 Å². The Morgan fingerprint density at radius 1 is 1.75 bits per heavy atom. The summed E-state index contributed by atoms with van der Waals surface area (Å²) in [5.74, 6) is 0.794. The lowest BCUT2D eigenvalue weighted by atomic mass is 10.4. The van der Waals surface area contributed by atoms with E-state index in [1.807, 2.05) is 11.9 Å². The molecule has 0 saturated carbocycles. The minimum absolute atomic E-state index is 0.218. The summed E-state index contributed by atoms with van der Waals surface area (Å²) in [4.78, 5) is 6.14. The number of aliphatic hydroxyl groups excluding tert-OH is 2. The van der Waals surface area contributed by atoms with Gasteiger partial charge in [-0.25, -0.2) is 0 Å². The van der Waals surface area contributed by atoms with Gasteiger partial charge >= 0.3 is 0 Å². The van der Waals surface area contributed by atoms with E-state index in [1.54, 1.807) is 0 Å². The number of rotatable bonds is 3. The Bertz CT molecular complexity index is 172. The quantitative estimate of drug-likeness (QED) is 0.472. The van der Waals surface area contributed by atoms with E-state index in [4.69, 9.17) is 10.2 Å². The van der Waals surface area contributed by atoms with Gasteiger partial charge in [-0.2, -0.15) is 0 Å². The predicted molar refractivity (Wildman–Crippen MR) is 46.0 cm³/mol. The van der Waals surface area contributed by atoms with E-state index in [0.29, 0.717) is 6.54 Å². The van der Waals surface area contributed by atoms with Crippen LogP contribution in [0.5, 0.6) is 0 Å². The van der Waals surface area contributed by atoms with Gasteiger partial charge in [-0.15, -0.1) is 0 Å². The molecule has 0 amide bonds. The van der Waals surface area contributed by atoms with Crippen molar-refractivity contribution in [2.75, 3.05) is 33.3 Å². The molecule has 0 spiro atoms. The molecule has 0 bridgehead atoms. The van der Waals surface area contributed by atoms with Gasteiger partial charge in [0.05, 0.1) is 19.3 Å². The maximum absolute atomic E-state index is 9.02. The van der Waals surface area contributed by atoms with E-state index in [1.165, 1.54) is 0 Å². The van der Waals surface area contributed by atoms with Gasteiger partial charge in [0.1, 0.15) is 0 Å². The first-order chi connectivity index (χ1) is 5.74. The van der Waals surface area contributed by atoms with Gasteiger partial charge < -0.3 is 20.4 Å². The SMILES string of the molecule is CN1CCN=C1NCC(O)CO. The first-order valence-electron chi connectivity index (χ1n) is 4.02. The molecule has 0 fully saturated rings. The maximum atomic E-state index is 9.02. The van der Waals surface area contributed by atoms with E-state index >= 15 is 0 Å². The van der Waals surface area contributed by atoms with Crippen LogP contribution < -0.4 is 5.32 Å². The van der Waals surface area contributed by atoms with Crippen molar-refractivity contribution in [2.45, 2.75) is 6.10 Å². The fraction of sp³-hybridized carbons (Fsp3) is 0.857. The molecule has 0 aromatic rings. The lowest BCUT2D eigenvalue weighted by Gasteiger charge is -2.16. The summed E-state index contributed by atoms with van der Waals surface area (Å²) in [5, 5.41) is 20.5. The van der Waals surface area contributed by atoms with Crippen LogP contribution in [0.4, 0.5) is 0 Å². The van der Waals surface area contributed by atoms with Crippen molar-refractivity contribution < 1.29 is 10.2 Å². The summed E-state index contributed by atoms with van der Waals surface area (Å²) >= 11 is 0. The highest BCUT2D eigenvalue weighted by Gasteiger charge is 2.12. The number of likely N-dealkylation sites (N-methyl/N-ethyl adjacent to an activating group) is 1. The average Bonchev–Trinajstić information content (AvgIpc) is 2.47. The van der Waals surface area contributed by atoms with Crippen molar-refractivity contribution in [1.29, 1.82) is 0 Å². The zero-order valence-electron chi connectivity index (χ0n) is 7.19. The summed E-state index contributed by atoms with van der Waals surface area (Å²) < 4.78 is 0. The van der Waals surface area contributed by atoms with Crippen molar-refractivity contribution in [3.05, 3.63) is 0 Å². The molecular formula is C7H15N3O2. The van der Waals surface area contributed by atoms with Crippen LogP contribution in [0.25, 0.3) is 0 Å². The number of aliphatic imine (C=N–C) groups is 1. The van der Waals surface area contributed by atoms with Crippen LogP contribution in [-0.2, 0) is 0 Å². The molecular weight excluding hydrogens is 158 g/mol. The molecule has 3 N–H and O–H groups in total. The van der Waals surface area contributed by atoms with Crippen LogP contribution >= 0.6 is 0 Å². The van der Waals surface area contributed by atoms with Crippen molar-refractivity contribution in [2.24, 2.45) is 4.99 Å². The smallest absolute Gasteiger partial charge is 0.193 e. The molecule has 0 aliphatic carbocycles. The van der Waals surface area contributed by atoms with Crippen LogP contribution in [0.15, 0.2) is 4.99 Å². The number of nitrogens with zero attached hydrogens (tertiary/aromatic N) is 2. The third kappa shape index (κ3) is 2.35. The van der Waals surface area contributed by atoms with Crippen LogP contribution in [-0.4, -0.2) is 60.5 Å². The predicted octanol–water partition coefficient (Wildman–Crippen LogP) is -1.77. The molecule has 5 heteroatoms. The molecule has 0 saturated heterocycles. The Hall–Kier alpha value is -0.810. The molecule has 0 radical (unpaired) electrons. The minimum atomic E-state index is -0.707. The third-order valence-electron chi connectivity index (χ3n) is 1.77. The van der Waals surface area contributed by atoms with Gasteiger partial charge in [-0.1, -0.05) is 0 Å². The van der Waals surface area contributed by atoms with Crippen LogP contribution in [0, 0.1) is 0 Å². The zero-order chi connectivity index (χ0) is 8.97. The molecule has 0 aromatic carbocycles. The Labute approximate surface area is 71.7 Å². The second-order valence-corrected chi connectivity index (χ2v) is 2.84. The molecule has 1 aliphatic rings. The van der Waals surface area contributed by atoms with E-state index in [9.17, 15) is 0 Å². The molecule has 1 atom stereocenters. The number of guanidine groups is 1. The summed E-state index contributed by atoms with van der Waals surface area (Å²) in [6.07, 6.45) is -0.707. The highest BCUT2D eigenvalue weighted by Crippen LogP contribution is 1.94. The van der Waals surface area contributed by atoms with Crippen LogP contribution in [0.1, 0.15) is 0 Å². The highest BCUT2D eigenvalue weighted by atomic mass is 16.3. The fourth-order valence-electron chi connectivity index (χ4n) is 0.997. The standard InChI is InChI=1S/C7H15N3O2/c1-10-3-2-8-7(10)9-4-6(12)5-11/h6,11-12H,2-5H2,1H3,(H,8,9). The lowest BCUT2D eigenvalue weighted by molar-refractivity contribution is 0.0977. The van der Waals surface area contributed by atoms with Crippen molar-refractivity contribution >= 4 is 5.96 Å². The van der Waals surface area contributed by atoms with E-state index < -0.39 is 6.10 Å². The van der Waals surface area contributed by atoms with Gasteiger partial charge in [-0.3, -0.25) is 4.99 Å². The first-order valence-corrected chi connectivity index (χ1v) is 4.02. The zero-order valence-corrected chi connectivity index (χ0v) is 7.19. The largest absolute Gasteiger partial charge is 0.394 e. The second kappa shape index (κ2) is 4.27. The minimum Gasteiger partial charge on any atom is -0.394 e. The molecule has 1 aliphatic heterocycles. The second-order valence-electron chi connectivity index (χ2n) is 2.84. The van der Waals surface area contributed by atoms with Gasteiger partial charge in [0.15, 0.2) is 5.96 Å². The van der Waals surface area contributed by atoms with Gasteiger partial charge in [0.25, 0.3) is 0 Å². The fourth-order valence-corrected chi connectivity index (χ4v) is 0.997. The molecule has 12 heavy (non-hydrogen) atoms. The first kappa shape index (κ1) is 9.28. The highest BCUT2D eigenvalue weighted by molar-refractivity contribution is 5.81. The molecule has 1 unspecified atom stereocenters. The Kier molecular flexibility index (Phi) is 3.31. The van der Waals surface area contributed by atoms with Crippen molar-refractivity contribution in [3.63, 3.8) is 0 Å². The topological polar surface area (TPSA) is 68.1 Å². The van der Waals surface area contributed by atoms with Gasteiger partial charge in [-0.05, 0) is 0 Å². The normalized spacial score (nSPS) is 19.2. The number of nitrogens with one attached hydrogen (secondary N) is 1. The average molecular weight is 173 g/mol. The van der Waals surface area contributed by atoms with E-state index in [2.05, 4.69) is 10.3 Å².